The van der Waals surface area contributed by atoms with Crippen LogP contribution in [0.4, 0.5) is 5.82 Å². The summed E-state index contributed by atoms with van der Waals surface area (Å²) in [6.45, 7) is 0. The van der Waals surface area contributed by atoms with Crippen LogP contribution in [0.1, 0.15) is 30.5 Å². The van der Waals surface area contributed by atoms with E-state index < -0.39 is 0 Å². The zero-order valence-electron chi connectivity index (χ0n) is 12.1. The van der Waals surface area contributed by atoms with Crippen LogP contribution in [0.3, 0.4) is 0 Å². The maximum atomic E-state index is 9.57. The molecule has 2 atom stereocenters. The van der Waals surface area contributed by atoms with Gasteiger partial charge in [0.1, 0.15) is 12.1 Å². The molecule has 1 fully saturated rings. The standard InChI is InChI=1S/C17H21N3O/c21-16-9-8-15(10-16)20-17-11-14(18-12-19-17)7-6-13-4-2-1-3-5-13/h1-5,11-12,15-16,21H,6-10H2,(H,18,19,20). The van der Waals surface area contributed by atoms with E-state index in [1.54, 1.807) is 6.33 Å². The van der Waals surface area contributed by atoms with Crippen LogP contribution in [0, 0.1) is 0 Å². The van der Waals surface area contributed by atoms with Gasteiger partial charge >= 0.3 is 0 Å². The Labute approximate surface area is 125 Å². The van der Waals surface area contributed by atoms with Crippen LogP contribution in [0.5, 0.6) is 0 Å². The summed E-state index contributed by atoms with van der Waals surface area (Å²) >= 11 is 0. The molecule has 1 aliphatic rings. The molecule has 1 aromatic heterocycles. The summed E-state index contributed by atoms with van der Waals surface area (Å²) in [5, 5.41) is 13.0. The van der Waals surface area contributed by atoms with Crippen molar-refractivity contribution in [1.29, 1.82) is 0 Å². The minimum atomic E-state index is -0.165. The third-order valence-corrected chi connectivity index (χ3v) is 3.99. The molecule has 0 amide bonds. The first-order chi connectivity index (χ1) is 10.3. The van der Waals surface area contributed by atoms with Crippen molar-refractivity contribution in [2.45, 2.75) is 44.2 Å². The first kappa shape index (κ1) is 14.0. The Hall–Kier alpha value is -1.94. The zero-order chi connectivity index (χ0) is 14.5. The summed E-state index contributed by atoms with van der Waals surface area (Å²) in [4.78, 5) is 8.62. The molecule has 0 bridgehead atoms. The van der Waals surface area contributed by atoms with Gasteiger partial charge in [-0.3, -0.25) is 0 Å². The van der Waals surface area contributed by atoms with Gasteiger partial charge in [0.2, 0.25) is 0 Å². The topological polar surface area (TPSA) is 58.0 Å². The average Bonchev–Trinajstić information content (AvgIpc) is 2.92. The molecule has 0 saturated heterocycles. The molecule has 4 heteroatoms. The molecule has 1 saturated carbocycles. The molecular weight excluding hydrogens is 262 g/mol. The van der Waals surface area contributed by atoms with Crippen molar-refractivity contribution in [3.63, 3.8) is 0 Å². The normalized spacial score (nSPS) is 21.4. The number of hydrogen-bond acceptors (Lipinski definition) is 4. The van der Waals surface area contributed by atoms with E-state index in [0.717, 1.165) is 43.6 Å². The summed E-state index contributed by atoms with van der Waals surface area (Å²) in [5.74, 6) is 0.868. The molecule has 2 N–H and O–H groups in total. The number of anilines is 1. The molecule has 4 nitrogen and oxygen atoms in total. The van der Waals surface area contributed by atoms with E-state index in [4.69, 9.17) is 0 Å². The second-order valence-electron chi connectivity index (χ2n) is 5.69. The number of nitrogens with zero attached hydrogens (tertiary/aromatic N) is 2. The second kappa shape index (κ2) is 6.68. The Balaban J connectivity index is 1.58. The Morgan fingerprint density at radius 2 is 1.95 bits per heavy atom. The molecule has 21 heavy (non-hydrogen) atoms. The summed E-state index contributed by atoms with van der Waals surface area (Å²) in [6, 6.07) is 12.8. The summed E-state index contributed by atoms with van der Waals surface area (Å²) < 4.78 is 0. The van der Waals surface area contributed by atoms with Crippen LogP contribution in [0.2, 0.25) is 0 Å². The summed E-state index contributed by atoms with van der Waals surface area (Å²) in [6.07, 6.45) is 6.04. The lowest BCUT2D eigenvalue weighted by atomic mass is 10.1. The predicted molar refractivity (Wildman–Crippen MR) is 83.2 cm³/mol. The highest BCUT2D eigenvalue weighted by atomic mass is 16.3. The van der Waals surface area contributed by atoms with Gasteiger partial charge in [0, 0.05) is 17.8 Å². The molecule has 0 spiro atoms. The van der Waals surface area contributed by atoms with Gasteiger partial charge < -0.3 is 10.4 Å². The Kier molecular flexibility index (Phi) is 4.46. The SMILES string of the molecule is OC1CCC(Nc2cc(CCc3ccccc3)ncn2)C1. The molecular formula is C17H21N3O. The van der Waals surface area contributed by atoms with Gasteiger partial charge in [0.25, 0.3) is 0 Å². The molecule has 1 heterocycles. The minimum absolute atomic E-state index is 0.165. The highest BCUT2D eigenvalue weighted by Gasteiger charge is 2.22. The number of rotatable bonds is 5. The van der Waals surface area contributed by atoms with Gasteiger partial charge in [-0.25, -0.2) is 9.97 Å². The van der Waals surface area contributed by atoms with E-state index in [2.05, 4.69) is 39.6 Å². The van der Waals surface area contributed by atoms with Crippen LogP contribution in [-0.2, 0) is 12.8 Å². The number of nitrogens with one attached hydrogen (secondary N) is 1. The van der Waals surface area contributed by atoms with E-state index in [1.165, 1.54) is 5.56 Å². The van der Waals surface area contributed by atoms with E-state index in [9.17, 15) is 5.11 Å². The summed E-state index contributed by atoms with van der Waals surface area (Å²) in [7, 11) is 0. The Morgan fingerprint density at radius 1 is 1.10 bits per heavy atom. The molecule has 2 aromatic rings. The highest BCUT2D eigenvalue weighted by Crippen LogP contribution is 2.22. The van der Waals surface area contributed by atoms with Crippen LogP contribution in [-0.4, -0.2) is 27.2 Å². The fourth-order valence-electron chi connectivity index (χ4n) is 2.83. The Morgan fingerprint density at radius 3 is 2.71 bits per heavy atom. The third-order valence-electron chi connectivity index (χ3n) is 3.99. The van der Waals surface area contributed by atoms with E-state index >= 15 is 0 Å². The predicted octanol–water partition coefficient (Wildman–Crippen LogP) is 2.59. The molecule has 3 rings (SSSR count). The van der Waals surface area contributed by atoms with Crippen molar-refractivity contribution in [2.75, 3.05) is 5.32 Å². The molecule has 1 aliphatic carbocycles. The number of aromatic nitrogens is 2. The minimum Gasteiger partial charge on any atom is -0.393 e. The lowest BCUT2D eigenvalue weighted by Crippen LogP contribution is -2.17. The fourth-order valence-corrected chi connectivity index (χ4v) is 2.83. The lowest BCUT2D eigenvalue weighted by molar-refractivity contribution is 0.182. The van der Waals surface area contributed by atoms with Gasteiger partial charge in [-0.05, 0) is 37.7 Å². The quantitative estimate of drug-likeness (QED) is 0.885. The van der Waals surface area contributed by atoms with Crippen molar-refractivity contribution >= 4 is 5.82 Å². The molecule has 1 aromatic carbocycles. The van der Waals surface area contributed by atoms with Crippen LogP contribution in [0.25, 0.3) is 0 Å². The van der Waals surface area contributed by atoms with E-state index in [-0.39, 0.29) is 6.10 Å². The zero-order valence-corrected chi connectivity index (χ0v) is 12.1. The maximum absolute atomic E-state index is 9.57. The molecule has 110 valence electrons. The van der Waals surface area contributed by atoms with Crippen molar-refractivity contribution in [3.8, 4) is 0 Å². The van der Waals surface area contributed by atoms with Crippen LogP contribution >= 0.6 is 0 Å². The smallest absolute Gasteiger partial charge is 0.129 e. The third kappa shape index (κ3) is 4.02. The van der Waals surface area contributed by atoms with Crippen LogP contribution in [0.15, 0.2) is 42.7 Å². The van der Waals surface area contributed by atoms with Crippen molar-refractivity contribution < 1.29 is 5.11 Å². The lowest BCUT2D eigenvalue weighted by Gasteiger charge is -2.13. The Bertz CT molecular complexity index is 573. The highest BCUT2D eigenvalue weighted by molar-refractivity contribution is 5.36. The average molecular weight is 283 g/mol. The molecule has 0 aliphatic heterocycles. The number of aliphatic hydroxyl groups excluding tert-OH is 1. The van der Waals surface area contributed by atoms with Gasteiger partial charge in [-0.2, -0.15) is 0 Å². The van der Waals surface area contributed by atoms with Crippen molar-refractivity contribution in [3.05, 3.63) is 54.0 Å². The monoisotopic (exact) mass is 283 g/mol. The number of hydrogen-bond donors (Lipinski definition) is 2. The fraction of sp³-hybridized carbons (Fsp3) is 0.412. The van der Waals surface area contributed by atoms with Crippen molar-refractivity contribution in [1.82, 2.24) is 9.97 Å². The molecule has 0 radical (unpaired) electrons. The van der Waals surface area contributed by atoms with Crippen LogP contribution < -0.4 is 5.32 Å². The van der Waals surface area contributed by atoms with Gasteiger partial charge in [0.05, 0.1) is 6.10 Å². The largest absolute Gasteiger partial charge is 0.393 e. The van der Waals surface area contributed by atoms with E-state index in [1.807, 2.05) is 12.1 Å². The number of aliphatic hydroxyl groups is 1. The number of aryl methyl sites for hydroxylation is 2. The summed E-state index contributed by atoms with van der Waals surface area (Å²) in [5.41, 5.74) is 2.37. The first-order valence-electron chi connectivity index (χ1n) is 7.59. The van der Waals surface area contributed by atoms with Crippen molar-refractivity contribution in [2.24, 2.45) is 0 Å². The number of benzene rings is 1. The van der Waals surface area contributed by atoms with Gasteiger partial charge in [0.15, 0.2) is 0 Å². The van der Waals surface area contributed by atoms with Gasteiger partial charge in [-0.15, -0.1) is 0 Å². The maximum Gasteiger partial charge on any atom is 0.129 e. The first-order valence-corrected chi connectivity index (χ1v) is 7.59. The van der Waals surface area contributed by atoms with Gasteiger partial charge in [-0.1, -0.05) is 30.3 Å². The van der Waals surface area contributed by atoms with E-state index in [0.29, 0.717) is 6.04 Å². The second-order valence-corrected chi connectivity index (χ2v) is 5.69. The molecule has 2 unspecified atom stereocenters.